The predicted octanol–water partition coefficient (Wildman–Crippen LogP) is 3.91. The first kappa shape index (κ1) is 10.4. The van der Waals surface area contributed by atoms with E-state index < -0.39 is 0 Å². The Morgan fingerprint density at radius 3 is 2.75 bits per heavy atom. The highest BCUT2D eigenvalue weighted by Crippen LogP contribution is 2.22. The first-order valence-electron chi connectivity index (χ1n) is 3.77. The molecule has 0 fully saturated rings. The van der Waals surface area contributed by atoms with E-state index in [1.54, 1.807) is 0 Å². The minimum atomic E-state index is 0.722. The molecule has 0 saturated heterocycles. The van der Waals surface area contributed by atoms with Crippen molar-refractivity contribution in [2.45, 2.75) is 17.7 Å². The fourth-order valence-electron chi connectivity index (χ4n) is 0.977. The van der Waals surface area contributed by atoms with Crippen LogP contribution in [0.4, 0.5) is 0 Å². The largest absolute Gasteiger partial charge is 0.142 e. The Labute approximate surface area is 91.9 Å². The van der Waals surface area contributed by atoms with Gasteiger partial charge in [-0.3, -0.25) is 0 Å². The Bertz CT molecular complexity index is 263. The van der Waals surface area contributed by atoms with Crippen molar-refractivity contribution in [1.29, 1.82) is 0 Å². The summed E-state index contributed by atoms with van der Waals surface area (Å²) in [6.07, 6.45) is 2.07. The zero-order valence-electron chi connectivity index (χ0n) is 6.56. The molecule has 12 heavy (non-hydrogen) atoms. The lowest BCUT2D eigenvalue weighted by Crippen LogP contribution is -1.86. The maximum Gasteiger partial charge on any atom is 0.0311 e. The van der Waals surface area contributed by atoms with Crippen LogP contribution in [0.3, 0.4) is 0 Å². The Morgan fingerprint density at radius 1 is 1.42 bits per heavy atom. The molecule has 0 bridgehead atoms. The summed E-state index contributed by atoms with van der Waals surface area (Å²) in [7, 11) is 0. The summed E-state index contributed by atoms with van der Waals surface area (Å²) < 4.78 is 1.05. The van der Waals surface area contributed by atoms with Crippen molar-refractivity contribution in [3.05, 3.63) is 28.2 Å². The first-order valence-corrected chi connectivity index (χ1v) is 5.55. The van der Waals surface area contributed by atoms with Crippen LogP contribution in [0.25, 0.3) is 0 Å². The van der Waals surface area contributed by atoms with Crippen molar-refractivity contribution in [3.63, 3.8) is 0 Å². The Balaban J connectivity index is 2.69. The van der Waals surface area contributed by atoms with Gasteiger partial charge in [-0.05, 0) is 46.5 Å². The van der Waals surface area contributed by atoms with Gasteiger partial charge in [0.25, 0.3) is 0 Å². The van der Waals surface area contributed by atoms with Gasteiger partial charge in [0, 0.05) is 15.2 Å². The number of halogens is 2. The molecule has 0 saturated carbocycles. The molecule has 0 atom stereocenters. The standard InChI is InChI=1S/C9H10BrClS/c10-8-6-7(2-1-5-11)3-4-9(8)12/h3-4,6,12H,1-2,5H2. The number of thiol groups is 1. The van der Waals surface area contributed by atoms with E-state index in [2.05, 4.69) is 40.7 Å². The molecule has 0 radical (unpaired) electrons. The van der Waals surface area contributed by atoms with Crippen LogP contribution >= 0.6 is 40.2 Å². The van der Waals surface area contributed by atoms with Gasteiger partial charge in [-0.1, -0.05) is 6.07 Å². The molecule has 0 nitrogen and oxygen atoms in total. The van der Waals surface area contributed by atoms with Gasteiger partial charge in [0.2, 0.25) is 0 Å². The van der Waals surface area contributed by atoms with E-state index in [-0.39, 0.29) is 0 Å². The summed E-state index contributed by atoms with van der Waals surface area (Å²) in [6, 6.07) is 6.17. The minimum Gasteiger partial charge on any atom is -0.142 e. The van der Waals surface area contributed by atoms with Gasteiger partial charge in [-0.2, -0.15) is 0 Å². The van der Waals surface area contributed by atoms with Crippen molar-refractivity contribution in [1.82, 2.24) is 0 Å². The zero-order valence-corrected chi connectivity index (χ0v) is 9.79. The van der Waals surface area contributed by atoms with Gasteiger partial charge in [0.1, 0.15) is 0 Å². The number of benzene rings is 1. The number of alkyl halides is 1. The summed E-state index contributed by atoms with van der Waals surface area (Å²) >= 11 is 13.3. The maximum atomic E-state index is 5.60. The van der Waals surface area contributed by atoms with Crippen LogP contribution in [0.1, 0.15) is 12.0 Å². The van der Waals surface area contributed by atoms with Crippen LogP contribution < -0.4 is 0 Å². The predicted molar refractivity (Wildman–Crippen MR) is 60.4 cm³/mol. The van der Waals surface area contributed by atoms with E-state index in [0.717, 1.165) is 28.1 Å². The second-order valence-corrected chi connectivity index (χ2v) is 4.29. The van der Waals surface area contributed by atoms with Crippen molar-refractivity contribution in [2.75, 3.05) is 5.88 Å². The second-order valence-electron chi connectivity index (χ2n) is 2.58. The van der Waals surface area contributed by atoms with Crippen LogP contribution in [0, 0.1) is 0 Å². The van der Waals surface area contributed by atoms with Crippen LogP contribution in [-0.2, 0) is 6.42 Å². The minimum absolute atomic E-state index is 0.722. The molecule has 0 amide bonds. The molecule has 1 aromatic rings. The van der Waals surface area contributed by atoms with Crippen LogP contribution in [0.5, 0.6) is 0 Å². The lowest BCUT2D eigenvalue weighted by molar-refractivity contribution is 0.925. The molecule has 3 heteroatoms. The van der Waals surface area contributed by atoms with E-state index in [1.165, 1.54) is 5.56 Å². The summed E-state index contributed by atoms with van der Waals surface area (Å²) in [5.74, 6) is 0.722. The van der Waals surface area contributed by atoms with Gasteiger partial charge in [-0.15, -0.1) is 24.2 Å². The van der Waals surface area contributed by atoms with E-state index in [4.69, 9.17) is 11.6 Å². The third-order valence-corrected chi connectivity index (χ3v) is 3.23. The maximum absolute atomic E-state index is 5.60. The van der Waals surface area contributed by atoms with Crippen molar-refractivity contribution in [3.8, 4) is 0 Å². The molecular weight excluding hydrogens is 256 g/mol. The summed E-state index contributed by atoms with van der Waals surface area (Å²) in [5.41, 5.74) is 1.31. The molecule has 0 aromatic heterocycles. The third-order valence-electron chi connectivity index (χ3n) is 1.61. The van der Waals surface area contributed by atoms with E-state index in [9.17, 15) is 0 Å². The fourth-order valence-corrected chi connectivity index (χ4v) is 1.68. The molecule has 0 aliphatic rings. The molecule has 0 spiro atoms. The summed E-state index contributed by atoms with van der Waals surface area (Å²) in [6.45, 7) is 0. The molecule has 0 N–H and O–H groups in total. The van der Waals surface area contributed by atoms with Crippen LogP contribution in [0.15, 0.2) is 27.6 Å². The molecule has 1 rings (SSSR count). The van der Waals surface area contributed by atoms with Crippen LogP contribution in [0.2, 0.25) is 0 Å². The Morgan fingerprint density at radius 2 is 2.17 bits per heavy atom. The lowest BCUT2D eigenvalue weighted by Gasteiger charge is -2.01. The number of hydrogen-bond acceptors (Lipinski definition) is 1. The molecule has 0 heterocycles. The third kappa shape index (κ3) is 3.00. The quantitative estimate of drug-likeness (QED) is 0.622. The first-order chi connectivity index (χ1) is 5.74. The van der Waals surface area contributed by atoms with Gasteiger partial charge < -0.3 is 0 Å². The fraction of sp³-hybridized carbons (Fsp3) is 0.333. The van der Waals surface area contributed by atoms with Gasteiger partial charge in [0.15, 0.2) is 0 Å². The molecular formula is C9H10BrClS. The average Bonchev–Trinajstić information content (AvgIpc) is 2.07. The highest BCUT2D eigenvalue weighted by atomic mass is 79.9. The molecule has 0 aliphatic heterocycles. The summed E-state index contributed by atoms with van der Waals surface area (Å²) in [5, 5.41) is 0. The highest BCUT2D eigenvalue weighted by molar-refractivity contribution is 9.10. The van der Waals surface area contributed by atoms with E-state index >= 15 is 0 Å². The SMILES string of the molecule is Sc1ccc(CCCCl)cc1Br. The molecule has 66 valence electrons. The monoisotopic (exact) mass is 264 g/mol. The lowest BCUT2D eigenvalue weighted by atomic mass is 10.1. The van der Waals surface area contributed by atoms with Crippen molar-refractivity contribution in [2.24, 2.45) is 0 Å². The Kier molecular flexibility index (Phi) is 4.47. The van der Waals surface area contributed by atoms with Crippen molar-refractivity contribution < 1.29 is 0 Å². The van der Waals surface area contributed by atoms with Gasteiger partial charge in [0.05, 0.1) is 0 Å². The number of aryl methyl sites for hydroxylation is 1. The summed E-state index contributed by atoms with van der Waals surface area (Å²) in [4.78, 5) is 0.977. The smallest absolute Gasteiger partial charge is 0.0311 e. The topological polar surface area (TPSA) is 0 Å². The van der Waals surface area contributed by atoms with Gasteiger partial charge >= 0.3 is 0 Å². The average molecular weight is 266 g/mol. The zero-order chi connectivity index (χ0) is 8.97. The normalized spacial score (nSPS) is 10.2. The molecule has 1 aromatic carbocycles. The second kappa shape index (κ2) is 5.15. The highest BCUT2D eigenvalue weighted by Gasteiger charge is 1.97. The Hall–Kier alpha value is 0.340. The number of hydrogen-bond donors (Lipinski definition) is 1. The van der Waals surface area contributed by atoms with E-state index in [0.29, 0.717) is 0 Å². The van der Waals surface area contributed by atoms with E-state index in [1.807, 2.05) is 6.07 Å². The van der Waals surface area contributed by atoms with Crippen molar-refractivity contribution >= 4 is 40.2 Å². The van der Waals surface area contributed by atoms with Gasteiger partial charge in [-0.25, -0.2) is 0 Å². The molecule has 0 unspecified atom stereocenters. The number of rotatable bonds is 3. The van der Waals surface area contributed by atoms with Crippen LogP contribution in [-0.4, -0.2) is 5.88 Å². The molecule has 0 aliphatic carbocycles.